The number of fused-ring (bicyclic) bond motifs is 1. The molecule has 19 nitrogen and oxygen atoms in total. The Bertz CT molecular complexity index is 3390. The molecule has 0 aromatic heterocycles. The van der Waals surface area contributed by atoms with Crippen molar-refractivity contribution in [3.63, 3.8) is 0 Å². The summed E-state index contributed by atoms with van der Waals surface area (Å²) in [5.41, 5.74) is -2.08. The van der Waals surface area contributed by atoms with E-state index in [9.17, 15) is 78.0 Å². The van der Waals surface area contributed by atoms with E-state index in [4.69, 9.17) is 56.2 Å². The Hall–Kier alpha value is -7.57. The van der Waals surface area contributed by atoms with Gasteiger partial charge in [-0.05, 0) is 78.4 Å². The molecule has 77 heavy (non-hydrogen) atoms. The number of nitrogens with one attached hydrogen (secondary N) is 1. The number of aromatic hydroxyl groups is 1. The van der Waals surface area contributed by atoms with Crippen molar-refractivity contribution in [2.24, 2.45) is 0 Å². The first-order valence-electron chi connectivity index (χ1n) is 21.3. The molecule has 7 aromatic rings. The fraction of sp³-hybridized carbons (Fsp3) is 0.120. The Labute approximate surface area is 475 Å². The van der Waals surface area contributed by atoms with Crippen molar-refractivity contribution >= 4 is 104 Å². The second-order valence-corrected chi connectivity index (χ2v) is 17.0. The van der Waals surface area contributed by atoms with Crippen LogP contribution in [0.25, 0.3) is 10.8 Å². The van der Waals surface area contributed by atoms with Gasteiger partial charge in [-0.2, -0.15) is 13.2 Å². The van der Waals surface area contributed by atoms with E-state index in [1.165, 1.54) is 30.3 Å². The monoisotopic (exact) mass is 1150 g/mol. The van der Waals surface area contributed by atoms with Crippen molar-refractivity contribution in [3.8, 4) is 17.2 Å². The molecule has 0 aliphatic rings. The third kappa shape index (κ3) is 17.5. The average Bonchev–Trinajstić information content (AvgIpc) is 3.37. The molecule has 1 unspecified atom stereocenters. The predicted molar refractivity (Wildman–Crippen MR) is 272 cm³/mol. The number of ether oxygens (including phenoxy) is 1. The number of amides is 1. The molecule has 1 amide bonds. The molecule has 0 saturated heterocycles. The van der Waals surface area contributed by atoms with Gasteiger partial charge in [-0.15, -0.1) is 0 Å². The zero-order valence-corrected chi connectivity index (χ0v) is 44.9. The molecule has 7 aromatic carbocycles. The minimum atomic E-state index is -4.59. The maximum absolute atomic E-state index is 12.6. The van der Waals surface area contributed by atoms with E-state index in [0.717, 1.165) is 47.2 Å². The fourth-order valence-electron chi connectivity index (χ4n) is 6.53. The molecule has 0 spiro atoms. The molecular formula is C50H36Cl4F3N4NaO15. The quantitative estimate of drug-likeness (QED) is 0.0361. The minimum absolute atomic E-state index is 0. The molecule has 27 heteroatoms. The Morgan fingerprint density at radius 1 is 0.701 bits per heavy atom. The van der Waals surface area contributed by atoms with Crippen LogP contribution in [0.2, 0.25) is 20.1 Å². The number of alkyl halides is 3. The number of nitro groups is 3. The molecule has 7 rings (SSSR count). The molecule has 0 saturated carbocycles. The smallest absolute Gasteiger partial charge is 0.545 e. The molecule has 0 aliphatic heterocycles. The number of carbonyl (C=O) groups is 4. The summed E-state index contributed by atoms with van der Waals surface area (Å²) in [6.07, 6.45) is -4.19. The van der Waals surface area contributed by atoms with Crippen LogP contribution in [0.3, 0.4) is 0 Å². The van der Waals surface area contributed by atoms with E-state index in [2.05, 4.69) is 5.32 Å². The number of non-ortho nitro benzene ring substituents is 1. The number of aliphatic carboxylic acids is 1. The number of aromatic carboxylic acids is 2. The Balaban J connectivity index is 0.000000275. The van der Waals surface area contributed by atoms with Crippen LogP contribution in [0.1, 0.15) is 74.0 Å². The van der Waals surface area contributed by atoms with E-state index in [-0.39, 0.29) is 85.8 Å². The maximum atomic E-state index is 12.6. The first kappa shape index (κ1) is 63.7. The third-order valence-electron chi connectivity index (χ3n) is 10.4. The topological polar surface area (TPSA) is 303 Å². The number of phenols is 1. The van der Waals surface area contributed by atoms with E-state index in [1.807, 2.05) is 43.3 Å². The van der Waals surface area contributed by atoms with Crippen LogP contribution in [-0.4, -0.2) is 53.9 Å². The summed E-state index contributed by atoms with van der Waals surface area (Å²) in [5.74, 6) is -5.37. The van der Waals surface area contributed by atoms with Gasteiger partial charge in [-0.3, -0.25) is 39.9 Å². The van der Waals surface area contributed by atoms with Gasteiger partial charge < -0.3 is 35.3 Å². The second-order valence-electron chi connectivity index (χ2n) is 15.4. The number of hydrogen-bond donors (Lipinski definition) is 4. The molecule has 0 bridgehead atoms. The van der Waals surface area contributed by atoms with Crippen LogP contribution >= 0.6 is 46.4 Å². The number of hydrogen-bond acceptors (Lipinski definition) is 13. The SMILES string of the molecule is CCC(C)c1cc([N+](=O)[O-])cc([N+](=O)[O-])c1O.O=C(O)Cc1c(Cl)ccc(Cl)c1Cl.O=C(O)c1ccccc1C(=O)Nc1cccc2ccccc12.O=C([O-])c1cc(Oc2ccc(C(F)(F)F)cc2Cl)ccc1[N+](=O)[O-].[Na+]. The number of phenolic OH excluding ortho intramolecular Hbond substituents is 1. The number of nitro benzene ring substituents is 3. The number of nitrogens with zero attached hydrogens (tertiary/aromatic N) is 3. The van der Waals surface area contributed by atoms with Gasteiger partial charge >= 0.3 is 53.4 Å². The zero-order chi connectivity index (χ0) is 56.8. The maximum Gasteiger partial charge on any atom is 1.00 e. The Kier molecular flexibility index (Phi) is 23.6. The number of anilines is 1. The van der Waals surface area contributed by atoms with Crippen LogP contribution in [0.4, 0.5) is 35.9 Å². The molecular weight excluding hydrogens is 1120 g/mol. The molecule has 1 atom stereocenters. The van der Waals surface area contributed by atoms with Gasteiger partial charge in [0, 0.05) is 39.4 Å². The first-order valence-corrected chi connectivity index (χ1v) is 22.8. The number of carboxylic acid groups (broad SMARTS) is 3. The van der Waals surface area contributed by atoms with E-state index >= 15 is 0 Å². The van der Waals surface area contributed by atoms with Crippen LogP contribution < -0.4 is 44.7 Å². The fourth-order valence-corrected chi connectivity index (χ4v) is 7.43. The normalized spacial score (nSPS) is 10.8. The minimum Gasteiger partial charge on any atom is -0.545 e. The number of carboxylic acids is 3. The van der Waals surface area contributed by atoms with Crippen molar-refractivity contribution in [2.75, 3.05) is 5.32 Å². The van der Waals surface area contributed by atoms with Crippen molar-refractivity contribution in [1.82, 2.24) is 0 Å². The molecule has 0 fully saturated rings. The second kappa shape index (κ2) is 28.5. The van der Waals surface area contributed by atoms with Gasteiger partial charge in [0.25, 0.3) is 17.3 Å². The van der Waals surface area contributed by atoms with Crippen LogP contribution in [-0.2, 0) is 17.4 Å². The van der Waals surface area contributed by atoms with Crippen molar-refractivity contribution < 1.29 is 102 Å². The summed E-state index contributed by atoms with van der Waals surface area (Å²) in [7, 11) is 0. The summed E-state index contributed by atoms with van der Waals surface area (Å²) in [5, 5.41) is 75.6. The van der Waals surface area contributed by atoms with Crippen LogP contribution in [0, 0.1) is 30.3 Å². The summed E-state index contributed by atoms with van der Waals surface area (Å²) in [4.78, 5) is 74.6. The van der Waals surface area contributed by atoms with E-state index < -0.39 is 73.0 Å². The number of benzene rings is 7. The van der Waals surface area contributed by atoms with Gasteiger partial charge in [0.1, 0.15) is 11.5 Å². The first-order chi connectivity index (χ1) is 35.7. The molecule has 396 valence electrons. The Morgan fingerprint density at radius 2 is 1.30 bits per heavy atom. The standard InChI is InChI=1S/C18H13NO3.C14H7ClF3NO5.C10H12N2O5.C8H5Cl3O2.Na/c20-17(14-9-3-4-10-15(14)18(21)22)19-16-11-5-7-12-6-1-2-8-13(12)16;15-10-5-7(14(16,17)18)1-4-12(10)24-8-2-3-11(19(22)23)9(6-8)13(20)21;1-3-6(2)8-4-7(11(14)15)5-9(10(8)13)12(16)17;9-5-1-2-6(10)8(11)4(5)3-7(12)13;/h1-11H,(H,19,20)(H,21,22);1-6H,(H,20,21);4-6,13H,3H2,1-2H3;1-2H,3H2,(H,12,13);/q;;;;+1/p-1. The molecule has 0 heterocycles. The van der Waals surface area contributed by atoms with E-state index in [1.54, 1.807) is 25.1 Å². The summed E-state index contributed by atoms with van der Waals surface area (Å²) in [6, 6.07) is 29.5. The Morgan fingerprint density at radius 3 is 1.86 bits per heavy atom. The van der Waals surface area contributed by atoms with Crippen LogP contribution in [0.15, 0.2) is 127 Å². The van der Waals surface area contributed by atoms with Gasteiger partial charge in [0.2, 0.25) is 0 Å². The van der Waals surface area contributed by atoms with Crippen molar-refractivity contribution in [3.05, 3.63) is 211 Å². The third-order valence-corrected chi connectivity index (χ3v) is 11.9. The number of halogens is 7. The van der Waals surface area contributed by atoms with Gasteiger partial charge in [0.15, 0.2) is 5.75 Å². The van der Waals surface area contributed by atoms with Crippen LogP contribution in [0.5, 0.6) is 17.2 Å². The van der Waals surface area contributed by atoms with Gasteiger partial charge in [-0.25, -0.2) is 4.79 Å². The molecule has 4 N–H and O–H groups in total. The predicted octanol–water partition coefficient (Wildman–Crippen LogP) is 10.2. The summed E-state index contributed by atoms with van der Waals surface area (Å²) >= 11 is 22.9. The van der Waals surface area contributed by atoms with Crippen molar-refractivity contribution in [1.29, 1.82) is 0 Å². The average molecular weight is 1150 g/mol. The summed E-state index contributed by atoms with van der Waals surface area (Å²) < 4.78 is 42.8. The van der Waals surface area contributed by atoms with Crippen molar-refractivity contribution in [2.45, 2.75) is 38.8 Å². The number of rotatable bonds is 13. The molecule has 0 aliphatic carbocycles. The molecule has 0 radical (unpaired) electrons. The zero-order valence-electron chi connectivity index (χ0n) is 39.8. The van der Waals surface area contributed by atoms with E-state index in [0.29, 0.717) is 33.8 Å². The van der Waals surface area contributed by atoms with Gasteiger partial charge in [0.05, 0.1) is 70.5 Å². The van der Waals surface area contributed by atoms with Gasteiger partial charge in [-0.1, -0.05) is 109 Å². The summed E-state index contributed by atoms with van der Waals surface area (Å²) in [6.45, 7) is 3.57. The largest absolute Gasteiger partial charge is 1.00 e. The number of carbonyl (C=O) groups excluding carboxylic acids is 2.